The number of hydrogen-bond donors (Lipinski definition) is 1. The first-order valence-corrected chi connectivity index (χ1v) is 7.31. The summed E-state index contributed by atoms with van der Waals surface area (Å²) in [6.45, 7) is 7.95. The summed E-state index contributed by atoms with van der Waals surface area (Å²) in [7, 11) is 0. The fourth-order valence-corrected chi connectivity index (χ4v) is 2.95. The summed E-state index contributed by atoms with van der Waals surface area (Å²) in [6.07, 6.45) is 2.66. The van der Waals surface area contributed by atoms with Gasteiger partial charge in [-0.3, -0.25) is 4.90 Å². The van der Waals surface area contributed by atoms with Crippen LogP contribution < -0.4 is 5.32 Å². The Bertz CT molecular complexity index is 381. The zero-order valence-corrected chi connectivity index (χ0v) is 12.1. The van der Waals surface area contributed by atoms with Crippen LogP contribution in [-0.2, 0) is 0 Å². The van der Waals surface area contributed by atoms with E-state index in [1.807, 2.05) is 18.2 Å². The summed E-state index contributed by atoms with van der Waals surface area (Å²) < 4.78 is 0. The molecule has 0 aliphatic carbocycles. The first-order valence-electron chi connectivity index (χ1n) is 6.93. The summed E-state index contributed by atoms with van der Waals surface area (Å²) in [5.74, 6) is 0. The molecule has 1 heterocycles. The average Bonchev–Trinajstić information content (AvgIpc) is 2.83. The summed E-state index contributed by atoms with van der Waals surface area (Å²) in [5, 5.41) is 4.45. The van der Waals surface area contributed by atoms with Crippen molar-refractivity contribution in [1.29, 1.82) is 0 Å². The molecule has 1 N–H and O–H groups in total. The quantitative estimate of drug-likeness (QED) is 0.878. The van der Waals surface area contributed by atoms with Crippen LogP contribution in [0.3, 0.4) is 0 Å². The van der Waals surface area contributed by atoms with Gasteiger partial charge in [0, 0.05) is 23.7 Å². The molecule has 0 bridgehead atoms. The Hall–Kier alpha value is -0.570. The molecule has 0 spiro atoms. The Labute approximate surface area is 115 Å². The molecule has 1 aromatic rings. The van der Waals surface area contributed by atoms with Crippen LogP contribution in [0.4, 0.5) is 0 Å². The highest BCUT2D eigenvalue weighted by Gasteiger charge is 2.22. The first kappa shape index (κ1) is 13.9. The van der Waals surface area contributed by atoms with Gasteiger partial charge in [0.05, 0.1) is 0 Å². The molecule has 1 fully saturated rings. The molecule has 18 heavy (non-hydrogen) atoms. The van der Waals surface area contributed by atoms with Gasteiger partial charge in [-0.2, -0.15) is 0 Å². The van der Waals surface area contributed by atoms with Crippen molar-refractivity contribution in [1.82, 2.24) is 10.2 Å². The highest BCUT2D eigenvalue weighted by Crippen LogP contribution is 2.19. The van der Waals surface area contributed by atoms with E-state index < -0.39 is 0 Å². The number of nitrogens with zero attached hydrogens (tertiary/aromatic N) is 1. The molecule has 0 amide bonds. The molecule has 3 heteroatoms. The minimum Gasteiger partial charge on any atom is -0.309 e. The molecule has 2 rings (SSSR count). The molecule has 2 atom stereocenters. The van der Waals surface area contributed by atoms with Crippen LogP contribution in [-0.4, -0.2) is 30.6 Å². The van der Waals surface area contributed by atoms with Crippen molar-refractivity contribution in [3.05, 3.63) is 34.9 Å². The van der Waals surface area contributed by atoms with Gasteiger partial charge in [-0.1, -0.05) is 30.7 Å². The maximum atomic E-state index is 6.03. The molecule has 0 saturated carbocycles. The SMILES string of the molecule is CCN1CCCC1CNC(C)c1cccc(Cl)c1. The summed E-state index contributed by atoms with van der Waals surface area (Å²) in [6, 6.07) is 9.19. The molecule has 2 unspecified atom stereocenters. The van der Waals surface area contributed by atoms with E-state index in [1.165, 1.54) is 24.9 Å². The maximum Gasteiger partial charge on any atom is 0.0409 e. The summed E-state index contributed by atoms with van der Waals surface area (Å²) >= 11 is 6.03. The van der Waals surface area contributed by atoms with Gasteiger partial charge in [0.1, 0.15) is 0 Å². The Balaban J connectivity index is 1.86. The predicted octanol–water partition coefficient (Wildman–Crippen LogP) is 3.47. The topological polar surface area (TPSA) is 15.3 Å². The lowest BCUT2D eigenvalue weighted by atomic mass is 10.1. The third kappa shape index (κ3) is 3.47. The molecule has 0 radical (unpaired) electrons. The number of halogens is 1. The second-order valence-corrected chi connectivity index (χ2v) is 5.55. The van der Waals surface area contributed by atoms with Crippen LogP contribution in [0, 0.1) is 0 Å². The van der Waals surface area contributed by atoms with Gasteiger partial charge >= 0.3 is 0 Å². The van der Waals surface area contributed by atoms with Crippen LogP contribution in [0.1, 0.15) is 38.3 Å². The molecular weight excluding hydrogens is 244 g/mol. The van der Waals surface area contributed by atoms with E-state index >= 15 is 0 Å². The molecule has 1 aromatic carbocycles. The van der Waals surface area contributed by atoms with E-state index in [0.717, 1.165) is 18.1 Å². The van der Waals surface area contributed by atoms with Crippen LogP contribution in [0.5, 0.6) is 0 Å². The van der Waals surface area contributed by atoms with E-state index in [4.69, 9.17) is 11.6 Å². The Morgan fingerprint density at radius 2 is 2.33 bits per heavy atom. The Morgan fingerprint density at radius 1 is 1.50 bits per heavy atom. The van der Waals surface area contributed by atoms with Gasteiger partial charge < -0.3 is 5.32 Å². The molecular formula is C15H23ClN2. The standard InChI is InChI=1S/C15H23ClN2/c1-3-18-9-5-8-15(18)11-17-12(2)13-6-4-7-14(16)10-13/h4,6-7,10,12,15,17H,3,5,8-9,11H2,1-2H3. The molecule has 100 valence electrons. The lowest BCUT2D eigenvalue weighted by molar-refractivity contribution is 0.255. The van der Waals surface area contributed by atoms with Gasteiger partial charge in [-0.15, -0.1) is 0 Å². The summed E-state index contributed by atoms with van der Waals surface area (Å²) in [4.78, 5) is 2.57. The van der Waals surface area contributed by atoms with Crippen molar-refractivity contribution in [3.63, 3.8) is 0 Å². The lowest BCUT2D eigenvalue weighted by Gasteiger charge is -2.25. The molecule has 2 nitrogen and oxygen atoms in total. The highest BCUT2D eigenvalue weighted by atomic mass is 35.5. The molecule has 0 aromatic heterocycles. The van der Waals surface area contributed by atoms with Gasteiger partial charge in [-0.05, 0) is 50.6 Å². The molecule has 1 saturated heterocycles. The molecule has 1 aliphatic rings. The fourth-order valence-electron chi connectivity index (χ4n) is 2.75. The minimum atomic E-state index is 0.364. The van der Waals surface area contributed by atoms with Gasteiger partial charge in [0.25, 0.3) is 0 Å². The second kappa shape index (κ2) is 6.55. The smallest absolute Gasteiger partial charge is 0.0409 e. The van der Waals surface area contributed by atoms with E-state index in [1.54, 1.807) is 0 Å². The van der Waals surface area contributed by atoms with Crippen molar-refractivity contribution >= 4 is 11.6 Å². The van der Waals surface area contributed by atoms with E-state index in [0.29, 0.717) is 12.1 Å². The minimum absolute atomic E-state index is 0.364. The maximum absolute atomic E-state index is 6.03. The number of hydrogen-bond acceptors (Lipinski definition) is 2. The fraction of sp³-hybridized carbons (Fsp3) is 0.600. The van der Waals surface area contributed by atoms with Crippen molar-refractivity contribution in [3.8, 4) is 0 Å². The predicted molar refractivity (Wildman–Crippen MR) is 78.1 cm³/mol. The van der Waals surface area contributed by atoms with Crippen molar-refractivity contribution < 1.29 is 0 Å². The zero-order chi connectivity index (χ0) is 13.0. The average molecular weight is 267 g/mol. The van der Waals surface area contributed by atoms with E-state index in [2.05, 4.69) is 30.1 Å². The number of benzene rings is 1. The highest BCUT2D eigenvalue weighted by molar-refractivity contribution is 6.30. The zero-order valence-electron chi connectivity index (χ0n) is 11.3. The van der Waals surface area contributed by atoms with Crippen molar-refractivity contribution in [2.75, 3.05) is 19.6 Å². The number of nitrogens with one attached hydrogen (secondary N) is 1. The van der Waals surface area contributed by atoms with Gasteiger partial charge in [0.2, 0.25) is 0 Å². The monoisotopic (exact) mass is 266 g/mol. The van der Waals surface area contributed by atoms with Crippen molar-refractivity contribution in [2.45, 2.75) is 38.8 Å². The van der Waals surface area contributed by atoms with E-state index in [9.17, 15) is 0 Å². The van der Waals surface area contributed by atoms with E-state index in [-0.39, 0.29) is 0 Å². The Kier molecular flexibility index (Phi) is 5.04. The first-order chi connectivity index (χ1) is 8.70. The number of rotatable bonds is 5. The number of likely N-dealkylation sites (tertiary alicyclic amines) is 1. The van der Waals surface area contributed by atoms with Gasteiger partial charge in [-0.25, -0.2) is 0 Å². The van der Waals surface area contributed by atoms with Gasteiger partial charge in [0.15, 0.2) is 0 Å². The normalized spacial score (nSPS) is 22.3. The number of likely N-dealkylation sites (N-methyl/N-ethyl adjacent to an activating group) is 1. The Morgan fingerprint density at radius 3 is 3.06 bits per heavy atom. The summed E-state index contributed by atoms with van der Waals surface area (Å²) in [5.41, 5.74) is 1.27. The largest absolute Gasteiger partial charge is 0.309 e. The molecule has 1 aliphatic heterocycles. The van der Waals surface area contributed by atoms with Crippen molar-refractivity contribution in [2.24, 2.45) is 0 Å². The van der Waals surface area contributed by atoms with Crippen LogP contribution in [0.15, 0.2) is 24.3 Å². The third-order valence-electron chi connectivity index (χ3n) is 3.91. The van der Waals surface area contributed by atoms with Crippen LogP contribution in [0.25, 0.3) is 0 Å². The van der Waals surface area contributed by atoms with Crippen LogP contribution >= 0.6 is 11.6 Å². The lowest BCUT2D eigenvalue weighted by Crippen LogP contribution is -2.38. The van der Waals surface area contributed by atoms with Crippen LogP contribution in [0.2, 0.25) is 5.02 Å². The second-order valence-electron chi connectivity index (χ2n) is 5.11. The third-order valence-corrected chi connectivity index (χ3v) is 4.15.